The van der Waals surface area contributed by atoms with E-state index >= 15 is 0 Å². The Morgan fingerprint density at radius 3 is 1.91 bits per heavy atom. The van der Waals surface area contributed by atoms with Crippen LogP contribution in [0.15, 0.2) is 174 Å². The van der Waals surface area contributed by atoms with Crippen molar-refractivity contribution in [3.63, 3.8) is 0 Å². The van der Waals surface area contributed by atoms with E-state index in [4.69, 9.17) is 9.40 Å². The fourth-order valence-electron chi connectivity index (χ4n) is 8.54. The first-order valence-electron chi connectivity index (χ1n) is 21.9. The molecule has 3 heterocycles. The number of para-hydroxylation sites is 3. The average Bonchev–Trinajstić information content (AvgIpc) is 3.88. The summed E-state index contributed by atoms with van der Waals surface area (Å²) in [5, 5.41) is 3.62. The third-order valence-corrected chi connectivity index (χ3v) is 13.9. The molecular weight excluding hydrogens is 975 g/mol. The monoisotopic (exact) mass is 1030 g/mol. The maximum atomic E-state index is 6.53. The van der Waals surface area contributed by atoms with Crippen molar-refractivity contribution < 1.29 is 24.5 Å². The van der Waals surface area contributed by atoms with Crippen LogP contribution in [0.3, 0.4) is 0 Å². The number of benzene rings is 7. The molecule has 0 atom stereocenters. The molecule has 0 spiro atoms. The van der Waals surface area contributed by atoms with Gasteiger partial charge >= 0.3 is 0 Å². The van der Waals surface area contributed by atoms with Crippen LogP contribution in [0.1, 0.15) is 51.7 Å². The zero-order chi connectivity index (χ0) is 43.9. The molecule has 0 aliphatic heterocycles. The molecule has 7 aromatic carbocycles. The molecule has 0 aliphatic rings. The van der Waals surface area contributed by atoms with Gasteiger partial charge in [-0.2, -0.15) is 0 Å². The largest absolute Gasteiger partial charge is 0.501 e. The van der Waals surface area contributed by atoms with Gasteiger partial charge in [-0.15, -0.1) is 54.1 Å². The molecule has 321 valence electrons. The molecular formula is C58H53IrN3OSi-2. The third kappa shape index (κ3) is 8.71. The van der Waals surface area contributed by atoms with Gasteiger partial charge in [0.15, 0.2) is 0 Å². The van der Waals surface area contributed by atoms with E-state index in [-0.39, 0.29) is 25.5 Å². The zero-order valence-corrected chi connectivity index (χ0v) is 41.2. The van der Waals surface area contributed by atoms with Gasteiger partial charge in [0.1, 0.15) is 5.58 Å². The fraction of sp³-hybridized carbons (Fsp3) is 0.172. The maximum absolute atomic E-state index is 6.53. The minimum atomic E-state index is -1.34. The summed E-state index contributed by atoms with van der Waals surface area (Å²) in [5.74, 6) is 1.33. The summed E-state index contributed by atoms with van der Waals surface area (Å²) in [6.07, 6.45) is 2.09. The van der Waals surface area contributed by atoms with Gasteiger partial charge in [-0.05, 0) is 69.2 Å². The molecule has 1 radical (unpaired) electrons. The minimum absolute atomic E-state index is 0. The van der Waals surface area contributed by atoms with Gasteiger partial charge in [0, 0.05) is 42.8 Å². The zero-order valence-electron chi connectivity index (χ0n) is 37.8. The Balaban J connectivity index is 0.000000236. The Morgan fingerprint density at radius 2 is 1.28 bits per heavy atom. The molecule has 0 saturated carbocycles. The van der Waals surface area contributed by atoms with Crippen molar-refractivity contribution in [1.29, 1.82) is 0 Å². The molecule has 0 amide bonds. The van der Waals surface area contributed by atoms with Crippen LogP contribution in [0.25, 0.3) is 83.6 Å². The minimum Gasteiger partial charge on any atom is -0.501 e. The molecule has 10 rings (SSSR count). The smallest absolute Gasteiger partial charge is 0.120 e. The second kappa shape index (κ2) is 18.1. The number of imidazole rings is 1. The first-order valence-corrected chi connectivity index (χ1v) is 25.4. The summed E-state index contributed by atoms with van der Waals surface area (Å²) in [5.41, 5.74) is 14.9. The normalized spacial score (nSPS) is 11.8. The second-order valence-electron chi connectivity index (χ2n) is 18.7. The number of hydrogen-bond donors (Lipinski definition) is 0. The summed E-state index contributed by atoms with van der Waals surface area (Å²) in [4.78, 5) is 9.95. The first-order chi connectivity index (χ1) is 30.4. The van der Waals surface area contributed by atoms with Crippen LogP contribution < -0.4 is 5.19 Å². The number of pyridine rings is 1. The van der Waals surface area contributed by atoms with Gasteiger partial charge in [0.05, 0.1) is 36.2 Å². The summed E-state index contributed by atoms with van der Waals surface area (Å²) in [6.45, 7) is 18.5. The predicted octanol–water partition coefficient (Wildman–Crippen LogP) is 15.2. The van der Waals surface area contributed by atoms with Crippen molar-refractivity contribution in [2.24, 2.45) is 0 Å². The van der Waals surface area contributed by atoms with Gasteiger partial charge in [-0.25, -0.2) is 0 Å². The van der Waals surface area contributed by atoms with Crippen molar-refractivity contribution in [1.82, 2.24) is 14.5 Å². The Hall–Kier alpha value is -6.17. The third-order valence-electron chi connectivity index (χ3n) is 11.8. The molecule has 64 heavy (non-hydrogen) atoms. The molecule has 10 aromatic rings. The van der Waals surface area contributed by atoms with E-state index in [1.165, 1.54) is 16.3 Å². The van der Waals surface area contributed by atoms with Crippen LogP contribution in [0, 0.1) is 12.1 Å². The number of fused-ring (bicyclic) bond motifs is 4. The van der Waals surface area contributed by atoms with E-state index in [2.05, 4.69) is 203 Å². The predicted molar refractivity (Wildman–Crippen MR) is 268 cm³/mol. The van der Waals surface area contributed by atoms with Crippen LogP contribution in [-0.2, 0) is 25.5 Å². The standard InChI is InChI=1S/C41H31N2O.C17H22NSi.Ir/c1-41(2,3)29-25-33(27-15-6-4-7-16-27)38(34(26-29)28-17-8-5-9-18-28)43-36-23-12-11-22-35(36)42-40(43)32-21-14-20-31-30-19-10-13-24-37(30)44-39(31)32;1-13(2)15-11-16(14-9-7-6-8-10-14)18-12-17(15)19(3,4)5;/h4-20,22-26H,1-3H3;6-9,11-13H,1-5H3;/q2*-1;. The van der Waals surface area contributed by atoms with Gasteiger partial charge in [-0.3, -0.25) is 4.98 Å². The van der Waals surface area contributed by atoms with Crippen molar-refractivity contribution in [2.45, 2.75) is 65.6 Å². The van der Waals surface area contributed by atoms with Gasteiger partial charge in [0.2, 0.25) is 0 Å². The van der Waals surface area contributed by atoms with Gasteiger partial charge < -0.3 is 14.0 Å². The number of furan rings is 1. The number of aromatic nitrogens is 3. The molecule has 6 heteroatoms. The van der Waals surface area contributed by atoms with E-state index < -0.39 is 8.07 Å². The van der Waals surface area contributed by atoms with Crippen LogP contribution >= 0.6 is 0 Å². The summed E-state index contributed by atoms with van der Waals surface area (Å²) in [7, 11) is -1.34. The van der Waals surface area contributed by atoms with Gasteiger partial charge in [-0.1, -0.05) is 168 Å². The molecule has 3 aromatic heterocycles. The van der Waals surface area contributed by atoms with Crippen molar-refractivity contribution in [3.8, 4) is 50.6 Å². The van der Waals surface area contributed by atoms with Crippen LogP contribution in [-0.4, -0.2) is 22.6 Å². The topological polar surface area (TPSA) is 43.9 Å². The average molecular weight is 1030 g/mol. The van der Waals surface area contributed by atoms with Gasteiger partial charge in [0.25, 0.3) is 0 Å². The summed E-state index contributed by atoms with van der Waals surface area (Å²) in [6, 6.07) is 63.9. The SMILES string of the molecule is CC(C)(C)c1cc(-c2ccccc2)c(-n2c(-c3[c-]ccc4c3oc3ccccc34)nc3ccccc32)c(-c2ccccc2)c1.CC(C)c1cc(-c2[c-]cccc2)ncc1[Si](C)(C)C.[Ir]. The van der Waals surface area contributed by atoms with Crippen LogP contribution in [0.4, 0.5) is 0 Å². The first kappa shape index (κ1) is 44.4. The van der Waals surface area contributed by atoms with E-state index in [9.17, 15) is 0 Å². The van der Waals surface area contributed by atoms with E-state index in [1.807, 2.05) is 42.5 Å². The molecule has 0 aliphatic carbocycles. The quantitative estimate of drug-likeness (QED) is 0.118. The molecule has 0 unspecified atom stereocenters. The van der Waals surface area contributed by atoms with Crippen LogP contribution in [0.5, 0.6) is 0 Å². The molecule has 0 fully saturated rings. The molecule has 4 nitrogen and oxygen atoms in total. The number of rotatable bonds is 7. The van der Waals surface area contributed by atoms with E-state index in [1.54, 1.807) is 0 Å². The van der Waals surface area contributed by atoms with Crippen molar-refractivity contribution in [2.75, 3.05) is 0 Å². The Kier molecular flexibility index (Phi) is 12.6. The van der Waals surface area contributed by atoms with E-state index in [0.717, 1.165) is 83.6 Å². The number of nitrogens with zero attached hydrogens (tertiary/aromatic N) is 3. The van der Waals surface area contributed by atoms with Crippen molar-refractivity contribution in [3.05, 3.63) is 193 Å². The Labute approximate surface area is 392 Å². The summed E-state index contributed by atoms with van der Waals surface area (Å²) >= 11 is 0. The Bertz CT molecular complexity index is 3150. The molecule has 0 saturated heterocycles. The second-order valence-corrected chi connectivity index (χ2v) is 23.7. The summed E-state index contributed by atoms with van der Waals surface area (Å²) < 4.78 is 8.86. The maximum Gasteiger partial charge on any atom is 0.120 e. The number of hydrogen-bond acceptors (Lipinski definition) is 3. The molecule has 0 bridgehead atoms. The molecule has 0 N–H and O–H groups in total. The fourth-order valence-corrected chi connectivity index (χ4v) is 10.2. The Morgan fingerprint density at radius 1 is 0.656 bits per heavy atom. The van der Waals surface area contributed by atoms with Crippen molar-refractivity contribution >= 4 is 46.2 Å². The van der Waals surface area contributed by atoms with E-state index in [0.29, 0.717) is 5.92 Å². The van der Waals surface area contributed by atoms with Crippen LogP contribution in [0.2, 0.25) is 19.6 Å².